The van der Waals surface area contributed by atoms with Crippen molar-refractivity contribution in [3.63, 3.8) is 0 Å². The van der Waals surface area contributed by atoms with E-state index < -0.39 is 0 Å². The van der Waals surface area contributed by atoms with Gasteiger partial charge in [-0.1, -0.05) is 12.1 Å². The summed E-state index contributed by atoms with van der Waals surface area (Å²) in [6.07, 6.45) is 3.44. The van der Waals surface area contributed by atoms with Gasteiger partial charge in [0, 0.05) is 13.0 Å². The molecule has 0 saturated carbocycles. The molecule has 0 aliphatic carbocycles. The van der Waals surface area contributed by atoms with Gasteiger partial charge in [0.15, 0.2) is 5.76 Å². The van der Waals surface area contributed by atoms with E-state index >= 15 is 0 Å². The number of nitrogens with one attached hydrogen (secondary N) is 1. The molecule has 5 heteroatoms. The average Bonchev–Trinajstić information content (AvgIpc) is 3.34. The summed E-state index contributed by atoms with van der Waals surface area (Å²) in [5, 5.41) is 2.93. The topological polar surface area (TPSA) is 54.7 Å². The standard InChI is InChI=1S/C19H22N2O3/c22-19(18-6-4-16(24-18)13-21-8-1-2-9-21)20-12-14-3-5-17-15(11-14)7-10-23-17/h3-6,11H,1-2,7-10,12-13H2,(H,20,22). The number of furan rings is 1. The first kappa shape index (κ1) is 15.3. The summed E-state index contributed by atoms with van der Waals surface area (Å²) in [5.41, 5.74) is 2.30. The SMILES string of the molecule is O=C(NCc1ccc2c(c1)CCO2)c1ccc(CN2CCCC2)o1. The van der Waals surface area contributed by atoms with Crippen LogP contribution in [-0.4, -0.2) is 30.5 Å². The molecule has 0 radical (unpaired) electrons. The van der Waals surface area contributed by atoms with Crippen LogP contribution in [0.1, 0.15) is 40.3 Å². The third kappa shape index (κ3) is 3.31. The van der Waals surface area contributed by atoms with E-state index in [1.54, 1.807) is 6.07 Å². The van der Waals surface area contributed by atoms with Crippen molar-refractivity contribution in [3.8, 4) is 5.75 Å². The molecular weight excluding hydrogens is 304 g/mol. The molecule has 1 amide bonds. The fourth-order valence-electron chi connectivity index (χ4n) is 3.37. The molecule has 1 N–H and O–H groups in total. The maximum Gasteiger partial charge on any atom is 0.287 e. The van der Waals surface area contributed by atoms with Crippen molar-refractivity contribution >= 4 is 5.91 Å². The Labute approximate surface area is 141 Å². The Balaban J connectivity index is 1.33. The van der Waals surface area contributed by atoms with Crippen LogP contribution in [0.15, 0.2) is 34.7 Å². The average molecular weight is 326 g/mol. The van der Waals surface area contributed by atoms with Gasteiger partial charge in [0.05, 0.1) is 13.2 Å². The molecule has 1 saturated heterocycles. The third-order valence-corrected chi connectivity index (χ3v) is 4.67. The van der Waals surface area contributed by atoms with Crippen molar-refractivity contribution in [2.45, 2.75) is 32.4 Å². The molecule has 4 rings (SSSR count). The molecule has 0 spiro atoms. The van der Waals surface area contributed by atoms with Gasteiger partial charge in [-0.2, -0.15) is 0 Å². The maximum absolute atomic E-state index is 12.3. The molecule has 1 aromatic carbocycles. The van der Waals surface area contributed by atoms with E-state index in [4.69, 9.17) is 9.15 Å². The van der Waals surface area contributed by atoms with E-state index in [-0.39, 0.29) is 5.91 Å². The predicted molar refractivity (Wildman–Crippen MR) is 90.0 cm³/mol. The van der Waals surface area contributed by atoms with E-state index in [9.17, 15) is 4.79 Å². The normalized spacial score (nSPS) is 16.8. The number of fused-ring (bicyclic) bond motifs is 1. The van der Waals surface area contributed by atoms with Gasteiger partial charge in [-0.3, -0.25) is 9.69 Å². The Morgan fingerprint density at radius 3 is 2.92 bits per heavy atom. The fourth-order valence-corrected chi connectivity index (χ4v) is 3.37. The molecule has 2 aliphatic heterocycles. The van der Waals surface area contributed by atoms with Crippen molar-refractivity contribution in [2.24, 2.45) is 0 Å². The van der Waals surface area contributed by atoms with E-state index in [0.29, 0.717) is 12.3 Å². The number of nitrogens with zero attached hydrogens (tertiary/aromatic N) is 1. The fraction of sp³-hybridized carbons (Fsp3) is 0.421. The summed E-state index contributed by atoms with van der Waals surface area (Å²) in [6, 6.07) is 9.73. The van der Waals surface area contributed by atoms with Crippen LogP contribution < -0.4 is 10.1 Å². The van der Waals surface area contributed by atoms with Crippen molar-refractivity contribution in [3.05, 3.63) is 53.0 Å². The largest absolute Gasteiger partial charge is 0.493 e. The van der Waals surface area contributed by atoms with Gasteiger partial charge in [-0.05, 0) is 55.3 Å². The van der Waals surface area contributed by atoms with Gasteiger partial charge in [0.1, 0.15) is 11.5 Å². The zero-order valence-electron chi connectivity index (χ0n) is 13.7. The first-order chi connectivity index (χ1) is 11.8. The predicted octanol–water partition coefficient (Wildman–Crippen LogP) is 2.74. The molecule has 0 unspecified atom stereocenters. The van der Waals surface area contributed by atoms with E-state index in [0.717, 1.165) is 49.7 Å². The highest BCUT2D eigenvalue weighted by Crippen LogP contribution is 2.25. The lowest BCUT2D eigenvalue weighted by atomic mass is 10.1. The van der Waals surface area contributed by atoms with Gasteiger partial charge in [-0.15, -0.1) is 0 Å². The smallest absolute Gasteiger partial charge is 0.287 e. The van der Waals surface area contributed by atoms with Crippen LogP contribution >= 0.6 is 0 Å². The molecule has 3 heterocycles. The van der Waals surface area contributed by atoms with Crippen molar-refractivity contribution in [1.29, 1.82) is 0 Å². The number of hydrogen-bond donors (Lipinski definition) is 1. The minimum absolute atomic E-state index is 0.167. The summed E-state index contributed by atoms with van der Waals surface area (Å²) in [7, 11) is 0. The van der Waals surface area contributed by atoms with E-state index in [1.807, 2.05) is 18.2 Å². The minimum Gasteiger partial charge on any atom is -0.493 e. The lowest BCUT2D eigenvalue weighted by Gasteiger charge is -2.11. The Kier molecular flexibility index (Phi) is 4.26. The molecule has 126 valence electrons. The summed E-state index contributed by atoms with van der Waals surface area (Å²) in [4.78, 5) is 14.6. The number of likely N-dealkylation sites (tertiary alicyclic amines) is 1. The lowest BCUT2D eigenvalue weighted by Crippen LogP contribution is -2.22. The van der Waals surface area contributed by atoms with Gasteiger partial charge in [-0.25, -0.2) is 0 Å². The highest BCUT2D eigenvalue weighted by atomic mass is 16.5. The second-order valence-electron chi connectivity index (χ2n) is 6.47. The number of benzene rings is 1. The molecule has 2 aliphatic rings. The quantitative estimate of drug-likeness (QED) is 0.918. The second kappa shape index (κ2) is 6.69. The first-order valence-corrected chi connectivity index (χ1v) is 8.62. The van der Waals surface area contributed by atoms with Gasteiger partial charge in [0.2, 0.25) is 0 Å². The zero-order chi connectivity index (χ0) is 16.4. The highest BCUT2D eigenvalue weighted by Gasteiger charge is 2.16. The summed E-state index contributed by atoms with van der Waals surface area (Å²) in [5.74, 6) is 2.03. The summed E-state index contributed by atoms with van der Waals surface area (Å²) >= 11 is 0. The van der Waals surface area contributed by atoms with E-state index in [2.05, 4.69) is 16.3 Å². The Morgan fingerprint density at radius 2 is 2.04 bits per heavy atom. The number of hydrogen-bond acceptors (Lipinski definition) is 4. The zero-order valence-corrected chi connectivity index (χ0v) is 13.7. The van der Waals surface area contributed by atoms with Gasteiger partial charge < -0.3 is 14.5 Å². The molecule has 5 nitrogen and oxygen atoms in total. The molecule has 0 bridgehead atoms. The first-order valence-electron chi connectivity index (χ1n) is 8.62. The number of carbonyl (C=O) groups is 1. The Hall–Kier alpha value is -2.27. The van der Waals surface area contributed by atoms with Crippen LogP contribution in [0.25, 0.3) is 0 Å². The van der Waals surface area contributed by atoms with Crippen LogP contribution in [-0.2, 0) is 19.5 Å². The Bertz CT molecular complexity index is 732. The van der Waals surface area contributed by atoms with Gasteiger partial charge >= 0.3 is 0 Å². The maximum atomic E-state index is 12.3. The molecule has 2 aromatic rings. The van der Waals surface area contributed by atoms with Crippen molar-refractivity contribution in [2.75, 3.05) is 19.7 Å². The van der Waals surface area contributed by atoms with Crippen molar-refractivity contribution in [1.82, 2.24) is 10.2 Å². The minimum atomic E-state index is -0.167. The van der Waals surface area contributed by atoms with Gasteiger partial charge in [0.25, 0.3) is 5.91 Å². The number of amides is 1. The molecular formula is C19H22N2O3. The number of carbonyl (C=O) groups excluding carboxylic acids is 1. The molecule has 24 heavy (non-hydrogen) atoms. The number of ether oxygens (including phenoxy) is 1. The van der Waals surface area contributed by atoms with Crippen molar-refractivity contribution < 1.29 is 13.9 Å². The van der Waals surface area contributed by atoms with Crippen LogP contribution in [0.3, 0.4) is 0 Å². The lowest BCUT2D eigenvalue weighted by molar-refractivity contribution is 0.0919. The second-order valence-corrected chi connectivity index (χ2v) is 6.47. The van der Waals surface area contributed by atoms with Crippen LogP contribution in [0.2, 0.25) is 0 Å². The molecule has 1 aromatic heterocycles. The summed E-state index contributed by atoms with van der Waals surface area (Å²) < 4.78 is 11.2. The summed E-state index contributed by atoms with van der Waals surface area (Å²) in [6.45, 7) is 4.26. The molecule has 0 atom stereocenters. The third-order valence-electron chi connectivity index (χ3n) is 4.67. The monoisotopic (exact) mass is 326 g/mol. The van der Waals surface area contributed by atoms with Crippen LogP contribution in [0.5, 0.6) is 5.75 Å². The number of rotatable bonds is 5. The highest BCUT2D eigenvalue weighted by molar-refractivity contribution is 5.91. The van der Waals surface area contributed by atoms with E-state index in [1.165, 1.54) is 18.4 Å². The Morgan fingerprint density at radius 1 is 1.17 bits per heavy atom. The van der Waals surface area contributed by atoms with Crippen LogP contribution in [0, 0.1) is 0 Å². The van der Waals surface area contributed by atoms with Crippen LogP contribution in [0.4, 0.5) is 0 Å². The molecule has 1 fully saturated rings.